The maximum atomic E-state index is 14.4. The number of Topliss-reactive ketones (excluding diaryl/α,β-unsaturated/α-hetero) is 1. The Labute approximate surface area is 153 Å². The molecule has 0 spiro atoms. The minimum atomic E-state index is -0.821. The van der Waals surface area contributed by atoms with E-state index in [-0.39, 0.29) is 0 Å². The number of allylic oxidation sites excluding steroid dienone is 1. The number of rotatable bonds is 7. The highest BCUT2D eigenvalue weighted by Gasteiger charge is 2.17. The van der Waals surface area contributed by atoms with E-state index >= 15 is 0 Å². The predicted octanol–water partition coefficient (Wildman–Crippen LogP) is 5.93. The smallest absolute Gasteiger partial charge is 0.165 e. The Kier molecular flexibility index (Phi) is 6.56. The number of aliphatic imine (C=N–C) groups is 1. The Balaban J connectivity index is 2.19. The van der Waals surface area contributed by atoms with Crippen molar-refractivity contribution in [3.05, 3.63) is 76.9 Å². The van der Waals surface area contributed by atoms with Crippen molar-refractivity contribution in [3.63, 3.8) is 0 Å². The maximum absolute atomic E-state index is 14.4. The van der Waals surface area contributed by atoms with Crippen LogP contribution < -0.4 is 0 Å². The molecule has 0 amide bonds. The summed E-state index contributed by atoms with van der Waals surface area (Å²) >= 11 is 0. The number of benzene rings is 2. The van der Waals surface area contributed by atoms with Crippen LogP contribution in [0.15, 0.2) is 48.0 Å². The molecule has 0 N–H and O–H groups in total. The average Bonchev–Trinajstić information content (AvgIpc) is 2.57. The molecule has 0 bridgehead atoms. The van der Waals surface area contributed by atoms with Gasteiger partial charge in [-0.25, -0.2) is 8.78 Å². The maximum Gasteiger partial charge on any atom is 0.165 e. The SMILES string of the molecule is C=CCc1ccc(C)c(N=C(C)CCc2ccc(F)c(C(C)=O)c2F)c1. The van der Waals surface area contributed by atoms with Crippen molar-refractivity contribution in [1.29, 1.82) is 0 Å². The van der Waals surface area contributed by atoms with Gasteiger partial charge < -0.3 is 0 Å². The van der Waals surface area contributed by atoms with Crippen molar-refractivity contribution in [2.75, 3.05) is 0 Å². The van der Waals surface area contributed by atoms with Gasteiger partial charge >= 0.3 is 0 Å². The van der Waals surface area contributed by atoms with E-state index in [1.807, 2.05) is 38.1 Å². The van der Waals surface area contributed by atoms with Crippen molar-refractivity contribution in [2.45, 2.75) is 40.0 Å². The fraction of sp³-hybridized carbons (Fsp3) is 0.273. The standard InChI is InChI=1S/C22H23F2NO/c1-5-6-17-9-7-14(2)20(13-17)25-15(3)8-10-18-11-12-19(23)21(16(4)26)22(18)24/h5,7,9,11-13H,1,6,8,10H2,2-4H3. The predicted molar refractivity (Wildman–Crippen MR) is 103 cm³/mol. The molecular weight excluding hydrogens is 332 g/mol. The van der Waals surface area contributed by atoms with Gasteiger partial charge in [0.05, 0.1) is 11.3 Å². The third-order valence-corrected chi connectivity index (χ3v) is 4.24. The molecular formula is C22H23F2NO. The molecule has 4 heteroatoms. The molecule has 0 atom stereocenters. The fourth-order valence-corrected chi connectivity index (χ4v) is 2.76. The molecule has 26 heavy (non-hydrogen) atoms. The summed E-state index contributed by atoms with van der Waals surface area (Å²) in [5, 5.41) is 0. The Bertz CT molecular complexity index is 869. The zero-order valence-electron chi connectivity index (χ0n) is 15.4. The quantitative estimate of drug-likeness (QED) is 0.344. The Morgan fingerprint density at radius 2 is 1.92 bits per heavy atom. The number of nitrogens with zero attached hydrogens (tertiary/aromatic N) is 1. The molecule has 2 nitrogen and oxygen atoms in total. The number of halogens is 2. The molecule has 0 saturated heterocycles. The molecule has 2 aromatic carbocycles. The van der Waals surface area contributed by atoms with Crippen LogP contribution in [-0.2, 0) is 12.8 Å². The zero-order chi connectivity index (χ0) is 19.3. The summed E-state index contributed by atoms with van der Waals surface area (Å²) in [6.45, 7) is 8.78. The highest BCUT2D eigenvalue weighted by Crippen LogP contribution is 2.23. The van der Waals surface area contributed by atoms with Gasteiger partial charge in [-0.2, -0.15) is 0 Å². The number of ketones is 1. The summed E-state index contributed by atoms with van der Waals surface area (Å²) in [6, 6.07) is 8.62. The van der Waals surface area contributed by atoms with E-state index in [0.717, 1.165) is 41.9 Å². The van der Waals surface area contributed by atoms with Gasteiger partial charge in [-0.05, 0) is 68.9 Å². The summed E-state index contributed by atoms with van der Waals surface area (Å²) < 4.78 is 28.0. The average molecular weight is 355 g/mol. The number of aryl methyl sites for hydroxylation is 2. The molecule has 0 aliphatic carbocycles. The van der Waals surface area contributed by atoms with E-state index < -0.39 is 23.0 Å². The van der Waals surface area contributed by atoms with Gasteiger partial charge in [0.25, 0.3) is 0 Å². The lowest BCUT2D eigenvalue weighted by Crippen LogP contribution is -2.06. The highest BCUT2D eigenvalue weighted by molar-refractivity contribution is 5.94. The second-order valence-electron chi connectivity index (χ2n) is 6.41. The second kappa shape index (κ2) is 8.65. The van der Waals surface area contributed by atoms with Gasteiger partial charge in [-0.1, -0.05) is 24.3 Å². The van der Waals surface area contributed by atoms with Crippen LogP contribution in [0.1, 0.15) is 47.3 Å². The molecule has 0 unspecified atom stereocenters. The topological polar surface area (TPSA) is 29.4 Å². The first-order valence-electron chi connectivity index (χ1n) is 8.56. The molecule has 0 radical (unpaired) electrons. The Hall–Kier alpha value is -2.62. The summed E-state index contributed by atoms with van der Waals surface area (Å²) in [5.74, 6) is -2.20. The third kappa shape index (κ3) is 4.72. The van der Waals surface area contributed by atoms with Gasteiger partial charge in [0.15, 0.2) is 5.78 Å². The Morgan fingerprint density at radius 3 is 2.58 bits per heavy atom. The minimum Gasteiger partial charge on any atom is -0.294 e. The van der Waals surface area contributed by atoms with Crippen molar-refractivity contribution < 1.29 is 13.6 Å². The molecule has 0 heterocycles. The Morgan fingerprint density at radius 1 is 1.19 bits per heavy atom. The van der Waals surface area contributed by atoms with Gasteiger partial charge in [0, 0.05) is 5.71 Å². The van der Waals surface area contributed by atoms with E-state index in [4.69, 9.17) is 0 Å². The van der Waals surface area contributed by atoms with E-state index in [0.29, 0.717) is 18.4 Å². The van der Waals surface area contributed by atoms with Crippen molar-refractivity contribution >= 4 is 17.2 Å². The number of carbonyl (C=O) groups excluding carboxylic acids is 1. The number of hydrogen-bond acceptors (Lipinski definition) is 2. The second-order valence-corrected chi connectivity index (χ2v) is 6.41. The zero-order valence-corrected chi connectivity index (χ0v) is 15.4. The van der Waals surface area contributed by atoms with Gasteiger partial charge in [-0.3, -0.25) is 9.79 Å². The van der Waals surface area contributed by atoms with Crippen LogP contribution in [0.2, 0.25) is 0 Å². The van der Waals surface area contributed by atoms with Crippen molar-refractivity contribution in [2.24, 2.45) is 4.99 Å². The van der Waals surface area contributed by atoms with Crippen LogP contribution in [0.25, 0.3) is 0 Å². The largest absolute Gasteiger partial charge is 0.294 e. The number of hydrogen-bond donors (Lipinski definition) is 0. The molecule has 2 aromatic rings. The van der Waals surface area contributed by atoms with Crippen LogP contribution in [0.5, 0.6) is 0 Å². The minimum absolute atomic E-state index is 0.322. The van der Waals surface area contributed by atoms with Crippen LogP contribution in [0.4, 0.5) is 14.5 Å². The van der Waals surface area contributed by atoms with E-state index in [9.17, 15) is 13.6 Å². The highest BCUT2D eigenvalue weighted by atomic mass is 19.1. The molecule has 2 rings (SSSR count). The molecule has 0 aromatic heterocycles. The van der Waals surface area contributed by atoms with Crippen LogP contribution in [0, 0.1) is 18.6 Å². The molecule has 0 aliphatic rings. The lowest BCUT2D eigenvalue weighted by molar-refractivity contribution is 0.100. The first-order chi connectivity index (χ1) is 12.3. The van der Waals surface area contributed by atoms with E-state index in [1.165, 1.54) is 6.07 Å². The van der Waals surface area contributed by atoms with Crippen LogP contribution >= 0.6 is 0 Å². The molecule has 0 saturated carbocycles. The lowest BCUT2D eigenvalue weighted by atomic mass is 10.0. The monoisotopic (exact) mass is 355 g/mol. The lowest BCUT2D eigenvalue weighted by Gasteiger charge is -2.09. The van der Waals surface area contributed by atoms with Crippen molar-refractivity contribution in [3.8, 4) is 0 Å². The summed E-state index contributed by atoms with van der Waals surface area (Å²) in [6.07, 6.45) is 3.49. The first-order valence-corrected chi connectivity index (χ1v) is 8.56. The van der Waals surface area contributed by atoms with Crippen LogP contribution in [0.3, 0.4) is 0 Å². The fourth-order valence-electron chi connectivity index (χ4n) is 2.76. The molecule has 0 aliphatic heterocycles. The van der Waals surface area contributed by atoms with Crippen LogP contribution in [-0.4, -0.2) is 11.5 Å². The van der Waals surface area contributed by atoms with Gasteiger partial charge in [0.1, 0.15) is 11.6 Å². The summed E-state index contributed by atoms with van der Waals surface area (Å²) in [4.78, 5) is 16.1. The first kappa shape index (κ1) is 19.7. The number of carbonyl (C=O) groups is 1. The van der Waals surface area contributed by atoms with E-state index in [1.54, 1.807) is 0 Å². The van der Waals surface area contributed by atoms with Crippen molar-refractivity contribution in [1.82, 2.24) is 0 Å². The third-order valence-electron chi connectivity index (χ3n) is 4.24. The summed E-state index contributed by atoms with van der Waals surface area (Å²) in [7, 11) is 0. The van der Waals surface area contributed by atoms with Gasteiger partial charge in [-0.15, -0.1) is 6.58 Å². The molecule has 0 fully saturated rings. The van der Waals surface area contributed by atoms with Gasteiger partial charge in [0.2, 0.25) is 0 Å². The molecule has 136 valence electrons. The summed E-state index contributed by atoms with van der Waals surface area (Å²) in [5.41, 5.74) is 3.77. The normalized spacial score (nSPS) is 11.5. The van der Waals surface area contributed by atoms with E-state index in [2.05, 4.69) is 11.6 Å².